The summed E-state index contributed by atoms with van der Waals surface area (Å²) in [6.45, 7) is -0.698. The molecule has 1 amide bonds. The number of nitrogens with one attached hydrogen (secondary N) is 1. The normalized spacial score (nSPS) is 12.2. The second-order valence-electron chi connectivity index (χ2n) is 8.14. The van der Waals surface area contributed by atoms with Crippen LogP contribution >= 0.6 is 34.8 Å². The number of nitrogens with zero attached hydrogens (tertiary/aromatic N) is 2. The summed E-state index contributed by atoms with van der Waals surface area (Å²) in [7, 11) is -4.85. The molecule has 0 bridgehead atoms. The van der Waals surface area contributed by atoms with Crippen LogP contribution in [0.3, 0.4) is 0 Å². The molecule has 0 heterocycles. The van der Waals surface area contributed by atoms with Crippen LogP contribution in [0.5, 0.6) is 0 Å². The van der Waals surface area contributed by atoms with Gasteiger partial charge in [-0.3, -0.25) is 4.79 Å². The van der Waals surface area contributed by atoms with Crippen molar-refractivity contribution in [3.8, 4) is 0 Å². The highest BCUT2D eigenvalue weighted by Gasteiger charge is 2.28. The van der Waals surface area contributed by atoms with Crippen LogP contribution in [0, 0.1) is 0 Å². The highest BCUT2D eigenvalue weighted by Crippen LogP contribution is 2.28. The minimum absolute atomic E-state index is 0.0504. The van der Waals surface area contributed by atoms with Gasteiger partial charge < -0.3 is 5.32 Å². The van der Waals surface area contributed by atoms with Crippen molar-refractivity contribution in [1.82, 2.24) is 13.9 Å². The highest BCUT2D eigenvalue weighted by atomic mass is 35.5. The van der Waals surface area contributed by atoms with Crippen molar-refractivity contribution in [3.05, 3.63) is 92.9 Å². The number of carbonyl (C=O) groups excluding carboxylic acids is 1. The topological polar surface area (TPSA) is 104 Å². The molecule has 0 aliphatic rings. The molecule has 37 heavy (non-hydrogen) atoms. The van der Waals surface area contributed by atoms with Crippen molar-refractivity contribution in [2.45, 2.75) is 22.9 Å². The molecule has 3 aromatic rings. The Kier molecular flexibility index (Phi) is 9.62. The average molecular weight is 605 g/mol. The maximum atomic E-state index is 13.4. The monoisotopic (exact) mass is 603 g/mol. The van der Waals surface area contributed by atoms with Gasteiger partial charge in [-0.1, -0.05) is 53.0 Å². The lowest BCUT2D eigenvalue weighted by atomic mass is 10.2. The van der Waals surface area contributed by atoms with Gasteiger partial charge in [0.15, 0.2) is 0 Å². The van der Waals surface area contributed by atoms with Gasteiger partial charge in [0.25, 0.3) is 0 Å². The second-order valence-corrected chi connectivity index (χ2v) is 13.5. The molecule has 198 valence electrons. The first kappa shape index (κ1) is 29.4. The molecule has 3 rings (SSSR count). The SMILES string of the molecule is CN(C)S(=O)(=O)c1ccc(CNC(=O)CN(Cc2c(Cl)cccc2Cl)S(=O)(=O)c2ccc(Cl)cc2)cc1. The van der Waals surface area contributed by atoms with E-state index < -0.39 is 32.5 Å². The standard InChI is InChI=1S/C24H24Cl3N3O5S2/c1-29(2)36(32,33)19-10-6-17(7-11-19)14-28-24(31)16-30(15-21-22(26)4-3-5-23(21)27)37(34,35)20-12-8-18(25)9-13-20/h3-13H,14-16H2,1-2H3,(H,28,31). The number of sulfonamides is 2. The smallest absolute Gasteiger partial charge is 0.243 e. The van der Waals surface area contributed by atoms with Gasteiger partial charge in [-0.15, -0.1) is 0 Å². The van der Waals surface area contributed by atoms with Crippen LogP contribution < -0.4 is 5.32 Å². The zero-order valence-corrected chi connectivity index (χ0v) is 23.8. The lowest BCUT2D eigenvalue weighted by Crippen LogP contribution is -2.40. The van der Waals surface area contributed by atoms with Gasteiger partial charge in [0, 0.05) is 47.8 Å². The van der Waals surface area contributed by atoms with Crippen LogP contribution in [-0.2, 0) is 37.9 Å². The first-order valence-corrected chi connectivity index (χ1v) is 14.8. The first-order chi connectivity index (χ1) is 17.3. The van der Waals surface area contributed by atoms with Crippen molar-refractivity contribution >= 4 is 60.8 Å². The molecule has 0 aromatic heterocycles. The number of amides is 1. The number of benzene rings is 3. The number of carbonyl (C=O) groups is 1. The van der Waals surface area contributed by atoms with E-state index in [0.29, 0.717) is 16.1 Å². The molecule has 1 N–H and O–H groups in total. The molecule has 0 aliphatic carbocycles. The summed E-state index contributed by atoms with van der Waals surface area (Å²) in [6.07, 6.45) is 0. The first-order valence-electron chi connectivity index (χ1n) is 10.8. The van der Waals surface area contributed by atoms with Gasteiger partial charge >= 0.3 is 0 Å². The van der Waals surface area contributed by atoms with Gasteiger partial charge in [0.1, 0.15) is 0 Å². The van der Waals surface area contributed by atoms with E-state index in [-0.39, 0.29) is 32.9 Å². The fraction of sp³-hybridized carbons (Fsp3) is 0.208. The van der Waals surface area contributed by atoms with Gasteiger partial charge in [0.05, 0.1) is 16.3 Å². The maximum Gasteiger partial charge on any atom is 0.243 e. The Hall–Kier alpha value is -2.18. The van der Waals surface area contributed by atoms with Crippen LogP contribution in [0.15, 0.2) is 76.5 Å². The van der Waals surface area contributed by atoms with Crippen LogP contribution in [0.2, 0.25) is 15.1 Å². The third-order valence-corrected chi connectivity index (χ3v) is 9.95. The summed E-state index contributed by atoms with van der Waals surface area (Å²) in [5, 5.41) is 3.55. The largest absolute Gasteiger partial charge is 0.351 e. The summed E-state index contributed by atoms with van der Waals surface area (Å²) in [4.78, 5) is 12.9. The Labute approximate surface area is 231 Å². The van der Waals surface area contributed by atoms with E-state index in [1.807, 2.05) is 0 Å². The predicted octanol–water partition coefficient (Wildman–Crippen LogP) is 4.40. The lowest BCUT2D eigenvalue weighted by molar-refractivity contribution is -0.121. The fourth-order valence-corrected chi connectivity index (χ4v) is 6.16. The Balaban J connectivity index is 1.80. The minimum Gasteiger partial charge on any atom is -0.351 e. The summed E-state index contributed by atoms with van der Waals surface area (Å²) >= 11 is 18.4. The van der Waals surface area contributed by atoms with Crippen LogP contribution in [0.4, 0.5) is 0 Å². The summed E-state index contributed by atoms with van der Waals surface area (Å²) < 4.78 is 53.4. The molecule has 8 nitrogen and oxygen atoms in total. The molecular weight excluding hydrogens is 581 g/mol. The molecule has 0 unspecified atom stereocenters. The van der Waals surface area contributed by atoms with E-state index in [2.05, 4.69) is 5.32 Å². The van der Waals surface area contributed by atoms with Gasteiger partial charge in [-0.2, -0.15) is 4.31 Å². The number of hydrogen-bond donors (Lipinski definition) is 1. The van der Waals surface area contributed by atoms with Crippen molar-refractivity contribution in [1.29, 1.82) is 0 Å². The van der Waals surface area contributed by atoms with Crippen molar-refractivity contribution in [3.63, 3.8) is 0 Å². The zero-order valence-electron chi connectivity index (χ0n) is 19.9. The van der Waals surface area contributed by atoms with Gasteiger partial charge in [-0.05, 0) is 54.1 Å². The maximum absolute atomic E-state index is 13.4. The van der Waals surface area contributed by atoms with Crippen molar-refractivity contribution in [2.75, 3.05) is 20.6 Å². The van der Waals surface area contributed by atoms with E-state index in [9.17, 15) is 21.6 Å². The fourth-order valence-electron chi connectivity index (χ4n) is 3.25. The molecule has 0 radical (unpaired) electrons. The van der Waals surface area contributed by atoms with Crippen LogP contribution in [0.1, 0.15) is 11.1 Å². The predicted molar refractivity (Wildman–Crippen MR) is 145 cm³/mol. The van der Waals surface area contributed by atoms with Crippen LogP contribution in [0.25, 0.3) is 0 Å². The molecular formula is C24H24Cl3N3O5S2. The molecule has 0 spiro atoms. The second kappa shape index (κ2) is 12.1. The summed E-state index contributed by atoms with van der Waals surface area (Å²) in [6, 6.07) is 16.4. The number of rotatable bonds is 10. The lowest BCUT2D eigenvalue weighted by Gasteiger charge is -2.23. The van der Waals surface area contributed by atoms with Crippen LogP contribution in [-0.4, -0.2) is 52.0 Å². The van der Waals surface area contributed by atoms with Crippen molar-refractivity contribution < 1.29 is 21.6 Å². The van der Waals surface area contributed by atoms with E-state index >= 15 is 0 Å². The van der Waals surface area contributed by atoms with Gasteiger partial charge in [0.2, 0.25) is 26.0 Å². The highest BCUT2D eigenvalue weighted by molar-refractivity contribution is 7.89. The Bertz CT molecular complexity index is 1460. The molecule has 3 aromatic carbocycles. The summed E-state index contributed by atoms with van der Waals surface area (Å²) in [5.74, 6) is -0.578. The van der Waals surface area contributed by atoms with Crippen molar-refractivity contribution in [2.24, 2.45) is 0 Å². The zero-order chi connectivity index (χ0) is 27.4. The number of hydrogen-bond acceptors (Lipinski definition) is 5. The van der Waals surface area contributed by atoms with E-state index in [1.54, 1.807) is 30.3 Å². The molecule has 0 atom stereocenters. The Morgan fingerprint density at radius 1 is 0.784 bits per heavy atom. The average Bonchev–Trinajstić information content (AvgIpc) is 2.84. The van der Waals surface area contributed by atoms with E-state index in [0.717, 1.165) is 8.61 Å². The molecule has 0 aliphatic heterocycles. The van der Waals surface area contributed by atoms with Gasteiger partial charge in [-0.25, -0.2) is 21.1 Å². The third kappa shape index (κ3) is 7.23. The Morgan fingerprint density at radius 2 is 1.30 bits per heavy atom. The number of halogens is 3. The molecule has 0 saturated carbocycles. The summed E-state index contributed by atoms with van der Waals surface area (Å²) in [5.41, 5.74) is 0.987. The molecule has 0 saturated heterocycles. The minimum atomic E-state index is -4.13. The third-order valence-electron chi connectivity index (χ3n) is 5.36. The molecule has 13 heteroatoms. The molecule has 0 fully saturated rings. The quantitative estimate of drug-likeness (QED) is 0.369. The van der Waals surface area contributed by atoms with E-state index in [4.69, 9.17) is 34.8 Å². The van der Waals surface area contributed by atoms with E-state index in [1.165, 1.54) is 50.5 Å². The Morgan fingerprint density at radius 3 is 1.84 bits per heavy atom.